The van der Waals surface area contributed by atoms with Gasteiger partial charge in [-0.3, -0.25) is 9.36 Å². The molecule has 1 aromatic heterocycles. The van der Waals surface area contributed by atoms with Gasteiger partial charge >= 0.3 is 0 Å². The third-order valence-electron chi connectivity index (χ3n) is 2.24. The number of benzene rings is 1. The van der Waals surface area contributed by atoms with E-state index in [4.69, 9.17) is 23.2 Å². The van der Waals surface area contributed by atoms with Crippen molar-refractivity contribution in [2.45, 2.75) is 6.54 Å². The van der Waals surface area contributed by atoms with E-state index in [1.54, 1.807) is 6.07 Å². The molecule has 1 aromatic carbocycles. The molecule has 2 rings (SSSR count). The molecule has 0 aliphatic heterocycles. The van der Waals surface area contributed by atoms with Gasteiger partial charge in [0.15, 0.2) is 0 Å². The standard InChI is InChI=1S/C11H7Cl2FN2O/c12-8-2-1-3-9(14)7(8)5-16-6-15-10(13)4-11(16)17/h1-4,6H,5H2. The van der Waals surface area contributed by atoms with Crippen molar-refractivity contribution in [3.05, 3.63) is 62.5 Å². The van der Waals surface area contributed by atoms with Crippen molar-refractivity contribution in [3.63, 3.8) is 0 Å². The number of hydrogen-bond donors (Lipinski definition) is 0. The molecular formula is C11H7Cl2FN2O. The lowest BCUT2D eigenvalue weighted by Gasteiger charge is -2.07. The zero-order valence-corrected chi connectivity index (χ0v) is 10.0. The zero-order chi connectivity index (χ0) is 12.4. The van der Waals surface area contributed by atoms with Crippen molar-refractivity contribution in [1.82, 2.24) is 9.55 Å². The molecule has 0 unspecified atom stereocenters. The molecule has 6 heteroatoms. The highest BCUT2D eigenvalue weighted by atomic mass is 35.5. The van der Waals surface area contributed by atoms with Crippen molar-refractivity contribution >= 4 is 23.2 Å². The van der Waals surface area contributed by atoms with Crippen LogP contribution in [0.15, 0.2) is 35.4 Å². The summed E-state index contributed by atoms with van der Waals surface area (Å²) in [4.78, 5) is 15.3. The largest absolute Gasteiger partial charge is 0.295 e. The van der Waals surface area contributed by atoms with Gasteiger partial charge in [0.1, 0.15) is 11.0 Å². The third kappa shape index (κ3) is 2.65. The maximum atomic E-state index is 13.5. The quantitative estimate of drug-likeness (QED) is 0.788. The summed E-state index contributed by atoms with van der Waals surface area (Å²) in [7, 11) is 0. The Hall–Kier alpha value is -1.39. The van der Waals surface area contributed by atoms with Crippen LogP contribution in [0.25, 0.3) is 0 Å². The molecule has 3 nitrogen and oxygen atoms in total. The highest BCUT2D eigenvalue weighted by Gasteiger charge is 2.08. The molecule has 0 saturated heterocycles. The molecule has 17 heavy (non-hydrogen) atoms. The van der Waals surface area contributed by atoms with Crippen molar-refractivity contribution in [3.8, 4) is 0 Å². The van der Waals surface area contributed by atoms with Crippen LogP contribution in [0.4, 0.5) is 4.39 Å². The van der Waals surface area contributed by atoms with E-state index in [1.807, 2.05) is 0 Å². The maximum absolute atomic E-state index is 13.5. The molecule has 0 bridgehead atoms. The molecule has 0 aliphatic carbocycles. The highest BCUT2D eigenvalue weighted by molar-refractivity contribution is 6.31. The average molecular weight is 273 g/mol. The number of nitrogens with zero attached hydrogens (tertiary/aromatic N) is 2. The molecule has 2 aromatic rings. The van der Waals surface area contributed by atoms with Gasteiger partial charge in [-0.15, -0.1) is 0 Å². The Balaban J connectivity index is 2.42. The van der Waals surface area contributed by atoms with Gasteiger partial charge in [0.2, 0.25) is 0 Å². The summed E-state index contributed by atoms with van der Waals surface area (Å²) < 4.78 is 14.7. The predicted octanol–water partition coefficient (Wildman–Crippen LogP) is 2.74. The molecule has 0 N–H and O–H groups in total. The van der Waals surface area contributed by atoms with E-state index in [0.29, 0.717) is 0 Å². The van der Waals surface area contributed by atoms with Crippen LogP contribution in [0.5, 0.6) is 0 Å². The van der Waals surface area contributed by atoms with Crippen LogP contribution < -0.4 is 5.56 Å². The lowest BCUT2D eigenvalue weighted by molar-refractivity contribution is 0.594. The molecule has 1 heterocycles. The minimum atomic E-state index is -0.459. The maximum Gasteiger partial charge on any atom is 0.255 e. The number of hydrogen-bond acceptors (Lipinski definition) is 2. The van der Waals surface area contributed by atoms with Gasteiger partial charge in [-0.1, -0.05) is 29.3 Å². The summed E-state index contributed by atoms with van der Waals surface area (Å²) in [5.74, 6) is -0.459. The molecule has 0 amide bonds. The first-order valence-corrected chi connectivity index (χ1v) is 5.48. The number of rotatable bonds is 2. The van der Waals surface area contributed by atoms with Crippen molar-refractivity contribution < 1.29 is 4.39 Å². The summed E-state index contributed by atoms with van der Waals surface area (Å²) in [5.41, 5.74) is -0.107. The van der Waals surface area contributed by atoms with Gasteiger partial charge in [-0.2, -0.15) is 0 Å². The summed E-state index contributed by atoms with van der Waals surface area (Å²) in [5, 5.41) is 0.373. The Morgan fingerprint density at radius 3 is 2.76 bits per heavy atom. The fourth-order valence-corrected chi connectivity index (χ4v) is 1.74. The molecule has 0 aliphatic rings. The summed E-state index contributed by atoms with van der Waals surface area (Å²) in [6.45, 7) is 0.0223. The second kappa shape index (κ2) is 4.85. The highest BCUT2D eigenvalue weighted by Crippen LogP contribution is 2.19. The Morgan fingerprint density at radius 1 is 1.35 bits per heavy atom. The van der Waals surface area contributed by atoms with Gasteiger partial charge in [-0.05, 0) is 12.1 Å². The Bertz CT molecular complexity index is 592. The minimum absolute atomic E-state index is 0.0223. The van der Waals surface area contributed by atoms with Gasteiger partial charge < -0.3 is 0 Å². The van der Waals surface area contributed by atoms with Gasteiger partial charge in [0.05, 0.1) is 12.9 Å². The molecular weight excluding hydrogens is 266 g/mol. The Kier molecular flexibility index (Phi) is 3.45. The Labute approximate surface area is 106 Å². The molecule has 0 saturated carbocycles. The zero-order valence-electron chi connectivity index (χ0n) is 8.53. The van der Waals surface area contributed by atoms with Gasteiger partial charge in [0.25, 0.3) is 5.56 Å². The van der Waals surface area contributed by atoms with Crippen LogP contribution in [-0.4, -0.2) is 9.55 Å². The monoisotopic (exact) mass is 272 g/mol. The third-order valence-corrected chi connectivity index (χ3v) is 2.80. The van der Waals surface area contributed by atoms with Crippen LogP contribution in [0.2, 0.25) is 10.2 Å². The SMILES string of the molecule is O=c1cc(Cl)ncn1Cc1c(F)cccc1Cl. The van der Waals surface area contributed by atoms with Crippen LogP contribution >= 0.6 is 23.2 Å². The van der Waals surface area contributed by atoms with E-state index in [-0.39, 0.29) is 27.8 Å². The number of halogens is 3. The fourth-order valence-electron chi connectivity index (χ4n) is 1.38. The van der Waals surface area contributed by atoms with Crippen LogP contribution in [-0.2, 0) is 6.54 Å². The molecule has 0 atom stereocenters. The van der Waals surface area contributed by atoms with Crippen LogP contribution in [0.3, 0.4) is 0 Å². The van der Waals surface area contributed by atoms with E-state index in [2.05, 4.69) is 4.98 Å². The van der Waals surface area contributed by atoms with Gasteiger partial charge in [0, 0.05) is 16.7 Å². The smallest absolute Gasteiger partial charge is 0.255 e. The second-order valence-corrected chi connectivity index (χ2v) is 4.17. The van der Waals surface area contributed by atoms with Gasteiger partial charge in [-0.25, -0.2) is 9.37 Å². The van der Waals surface area contributed by atoms with Crippen molar-refractivity contribution in [1.29, 1.82) is 0 Å². The molecule has 0 fully saturated rings. The predicted molar refractivity (Wildman–Crippen MR) is 64.0 cm³/mol. The molecule has 0 radical (unpaired) electrons. The van der Waals surface area contributed by atoms with Crippen molar-refractivity contribution in [2.24, 2.45) is 0 Å². The summed E-state index contributed by atoms with van der Waals surface area (Å²) in [6, 6.07) is 5.52. The topological polar surface area (TPSA) is 34.9 Å². The summed E-state index contributed by atoms with van der Waals surface area (Å²) >= 11 is 11.4. The normalized spacial score (nSPS) is 10.5. The van der Waals surface area contributed by atoms with E-state index < -0.39 is 5.82 Å². The first-order valence-electron chi connectivity index (χ1n) is 4.73. The second-order valence-electron chi connectivity index (χ2n) is 3.38. The lowest BCUT2D eigenvalue weighted by Crippen LogP contribution is -2.20. The summed E-state index contributed by atoms with van der Waals surface area (Å²) in [6.07, 6.45) is 1.26. The first-order chi connectivity index (χ1) is 8.08. The molecule has 0 spiro atoms. The Morgan fingerprint density at radius 2 is 2.12 bits per heavy atom. The molecule has 88 valence electrons. The lowest BCUT2D eigenvalue weighted by atomic mass is 10.2. The van der Waals surface area contributed by atoms with E-state index in [0.717, 1.165) is 6.07 Å². The minimum Gasteiger partial charge on any atom is -0.295 e. The van der Waals surface area contributed by atoms with E-state index in [9.17, 15) is 9.18 Å². The average Bonchev–Trinajstić information content (AvgIpc) is 2.26. The van der Waals surface area contributed by atoms with E-state index >= 15 is 0 Å². The first kappa shape index (κ1) is 12.1. The fraction of sp³-hybridized carbons (Fsp3) is 0.0909. The van der Waals surface area contributed by atoms with Crippen molar-refractivity contribution in [2.75, 3.05) is 0 Å². The van der Waals surface area contributed by atoms with E-state index in [1.165, 1.54) is 23.0 Å². The van der Waals surface area contributed by atoms with Crippen LogP contribution in [0.1, 0.15) is 5.56 Å². The number of aromatic nitrogens is 2. The van der Waals surface area contributed by atoms with Crippen LogP contribution in [0, 0.1) is 5.82 Å².